The maximum absolute atomic E-state index is 14.0. The first-order chi connectivity index (χ1) is 18.2. The van der Waals surface area contributed by atoms with Crippen LogP contribution in [0.25, 0.3) is 11.4 Å². The van der Waals surface area contributed by atoms with Crippen molar-refractivity contribution >= 4 is 17.6 Å². The molecule has 1 aliphatic rings. The molecular weight excluding hydrogens is 489 g/mol. The van der Waals surface area contributed by atoms with E-state index in [4.69, 9.17) is 10.1 Å². The highest BCUT2D eigenvalue weighted by molar-refractivity contribution is 6.06. The van der Waals surface area contributed by atoms with Crippen molar-refractivity contribution in [3.05, 3.63) is 71.8 Å². The number of aliphatic hydroxyl groups is 2. The van der Waals surface area contributed by atoms with E-state index in [2.05, 4.69) is 0 Å². The average molecular weight is 524 g/mol. The number of carbonyl (C=O) groups excluding carboxylic acids is 1. The summed E-state index contributed by atoms with van der Waals surface area (Å²) >= 11 is 0. The van der Waals surface area contributed by atoms with Crippen molar-refractivity contribution in [1.82, 2.24) is 9.55 Å². The lowest BCUT2D eigenvalue weighted by Gasteiger charge is -2.23. The van der Waals surface area contributed by atoms with Crippen LogP contribution < -0.4 is 4.90 Å². The number of anilines is 1. The number of amides is 1. The van der Waals surface area contributed by atoms with Crippen molar-refractivity contribution in [2.75, 3.05) is 4.90 Å². The van der Waals surface area contributed by atoms with Crippen molar-refractivity contribution in [3.8, 4) is 11.4 Å². The molecule has 8 nitrogen and oxygen atoms in total. The van der Waals surface area contributed by atoms with E-state index in [-0.39, 0.29) is 43.1 Å². The molecule has 2 atom stereocenters. The standard InChI is InChI=1S/C29H34FN3O5/c1-18(2)27-26(29(38)33(22-12-13-22)21-6-4-3-5-7-21)31-28(19-8-10-20(30)11-9-19)32(27)15-14-23(34)16-24(35)17-25(36)37/h3-11,18,22-24,34-35H,12-17H2,1-2H3,(H,36,37)/t23-,24-/m1/s1. The number of carboxylic acid groups (broad SMARTS) is 1. The summed E-state index contributed by atoms with van der Waals surface area (Å²) in [5.74, 6) is -1.34. The van der Waals surface area contributed by atoms with E-state index in [0.717, 1.165) is 18.5 Å². The molecule has 1 heterocycles. The summed E-state index contributed by atoms with van der Waals surface area (Å²) in [5, 5.41) is 29.4. The van der Waals surface area contributed by atoms with Gasteiger partial charge in [0.15, 0.2) is 5.69 Å². The number of aromatic nitrogens is 2. The number of aliphatic carboxylic acids is 1. The van der Waals surface area contributed by atoms with E-state index in [1.54, 1.807) is 17.0 Å². The third-order valence-electron chi connectivity index (χ3n) is 6.66. The first kappa shape index (κ1) is 27.5. The molecule has 2 aromatic carbocycles. The number of carboxylic acids is 1. The predicted molar refractivity (Wildman–Crippen MR) is 141 cm³/mol. The molecule has 1 aliphatic carbocycles. The number of hydrogen-bond acceptors (Lipinski definition) is 5. The highest BCUT2D eigenvalue weighted by atomic mass is 19.1. The van der Waals surface area contributed by atoms with Crippen molar-refractivity contribution < 1.29 is 29.3 Å². The second kappa shape index (κ2) is 11.9. The monoisotopic (exact) mass is 523 g/mol. The Morgan fingerprint density at radius 2 is 1.71 bits per heavy atom. The van der Waals surface area contributed by atoms with Gasteiger partial charge in [0, 0.05) is 23.8 Å². The molecule has 0 unspecified atom stereocenters. The average Bonchev–Trinajstić information content (AvgIpc) is 3.62. The van der Waals surface area contributed by atoms with Gasteiger partial charge in [-0.25, -0.2) is 9.37 Å². The molecule has 9 heteroatoms. The molecule has 0 radical (unpaired) electrons. The van der Waals surface area contributed by atoms with Gasteiger partial charge in [0.1, 0.15) is 11.6 Å². The van der Waals surface area contributed by atoms with Crippen LogP contribution in [0.15, 0.2) is 54.6 Å². The zero-order valence-corrected chi connectivity index (χ0v) is 21.6. The van der Waals surface area contributed by atoms with E-state index < -0.39 is 24.6 Å². The number of benzene rings is 2. The molecule has 0 saturated heterocycles. The quantitative estimate of drug-likeness (QED) is 0.320. The first-order valence-electron chi connectivity index (χ1n) is 13.0. The number of aliphatic hydroxyl groups excluding tert-OH is 2. The summed E-state index contributed by atoms with van der Waals surface area (Å²) in [6.45, 7) is 4.21. The highest BCUT2D eigenvalue weighted by Gasteiger charge is 2.37. The molecule has 4 rings (SSSR count). The van der Waals surface area contributed by atoms with Crippen LogP contribution in [0.2, 0.25) is 0 Å². The molecule has 38 heavy (non-hydrogen) atoms. The summed E-state index contributed by atoms with van der Waals surface area (Å²) in [4.78, 5) is 31.5. The van der Waals surface area contributed by atoms with Crippen molar-refractivity contribution in [2.24, 2.45) is 0 Å². The Morgan fingerprint density at radius 3 is 2.29 bits per heavy atom. The maximum Gasteiger partial charge on any atom is 0.305 e. The Kier molecular flexibility index (Phi) is 8.58. The fourth-order valence-corrected chi connectivity index (χ4v) is 4.78. The van der Waals surface area contributed by atoms with Gasteiger partial charge in [-0.2, -0.15) is 0 Å². The molecule has 1 fully saturated rings. The Bertz CT molecular complexity index is 1260. The maximum atomic E-state index is 14.0. The van der Waals surface area contributed by atoms with Gasteiger partial charge in [-0.15, -0.1) is 0 Å². The fourth-order valence-electron chi connectivity index (χ4n) is 4.78. The minimum Gasteiger partial charge on any atom is -0.481 e. The molecule has 1 saturated carbocycles. The lowest BCUT2D eigenvalue weighted by Crippen LogP contribution is -2.34. The van der Waals surface area contributed by atoms with E-state index in [9.17, 15) is 24.2 Å². The number of halogens is 1. The van der Waals surface area contributed by atoms with Crippen molar-refractivity contribution in [3.63, 3.8) is 0 Å². The van der Waals surface area contributed by atoms with Crippen LogP contribution in [-0.2, 0) is 11.3 Å². The molecule has 0 bridgehead atoms. The van der Waals surface area contributed by atoms with Crippen LogP contribution in [0, 0.1) is 5.82 Å². The van der Waals surface area contributed by atoms with Gasteiger partial charge in [0.25, 0.3) is 5.91 Å². The number of rotatable bonds is 12. The first-order valence-corrected chi connectivity index (χ1v) is 13.0. The summed E-state index contributed by atoms with van der Waals surface area (Å²) in [6, 6.07) is 15.5. The number of para-hydroxylation sites is 1. The van der Waals surface area contributed by atoms with Crippen LogP contribution in [0.1, 0.15) is 68.1 Å². The van der Waals surface area contributed by atoms with Crippen LogP contribution >= 0.6 is 0 Å². The SMILES string of the molecule is CC(C)c1c(C(=O)N(c2ccccc2)C2CC2)nc(-c2ccc(F)cc2)n1CC[C@@H](O)C[C@@H](O)CC(=O)O. The number of hydrogen-bond donors (Lipinski definition) is 3. The molecule has 0 spiro atoms. The molecule has 1 aromatic heterocycles. The van der Waals surface area contributed by atoms with Crippen LogP contribution in [0.5, 0.6) is 0 Å². The summed E-state index contributed by atoms with van der Waals surface area (Å²) in [6.07, 6.45) is -0.628. The van der Waals surface area contributed by atoms with E-state index in [0.29, 0.717) is 22.8 Å². The normalized spacial score (nSPS) is 14.9. The molecule has 3 N–H and O–H groups in total. The van der Waals surface area contributed by atoms with E-state index in [1.165, 1.54) is 12.1 Å². The summed E-state index contributed by atoms with van der Waals surface area (Å²) < 4.78 is 15.6. The van der Waals surface area contributed by atoms with Crippen LogP contribution in [-0.4, -0.2) is 55.0 Å². The van der Waals surface area contributed by atoms with Gasteiger partial charge in [0.05, 0.1) is 24.3 Å². The van der Waals surface area contributed by atoms with Gasteiger partial charge in [-0.05, 0) is 68.0 Å². The minimum absolute atomic E-state index is 0.0842. The second-order valence-corrected chi connectivity index (χ2v) is 10.2. The van der Waals surface area contributed by atoms with E-state index >= 15 is 0 Å². The number of imidazole rings is 1. The van der Waals surface area contributed by atoms with Gasteiger partial charge in [0.2, 0.25) is 0 Å². The Balaban J connectivity index is 1.72. The molecular formula is C29H34FN3O5. The zero-order chi connectivity index (χ0) is 27.4. The summed E-state index contributed by atoms with van der Waals surface area (Å²) in [7, 11) is 0. The van der Waals surface area contributed by atoms with Gasteiger partial charge in [-0.3, -0.25) is 9.59 Å². The lowest BCUT2D eigenvalue weighted by atomic mass is 10.0. The van der Waals surface area contributed by atoms with Gasteiger partial charge >= 0.3 is 5.97 Å². The Hall–Kier alpha value is -3.56. The summed E-state index contributed by atoms with van der Waals surface area (Å²) in [5.41, 5.74) is 2.45. The number of nitrogens with zero attached hydrogens (tertiary/aromatic N) is 3. The molecule has 1 amide bonds. The van der Waals surface area contributed by atoms with Crippen molar-refractivity contribution in [1.29, 1.82) is 0 Å². The zero-order valence-electron chi connectivity index (χ0n) is 21.6. The van der Waals surface area contributed by atoms with E-state index in [1.807, 2.05) is 48.7 Å². The third-order valence-corrected chi connectivity index (χ3v) is 6.66. The second-order valence-electron chi connectivity index (χ2n) is 10.2. The Labute approximate surface area is 221 Å². The predicted octanol–water partition coefficient (Wildman–Crippen LogP) is 4.60. The highest BCUT2D eigenvalue weighted by Crippen LogP contribution is 2.36. The Morgan fingerprint density at radius 1 is 1.05 bits per heavy atom. The molecule has 0 aliphatic heterocycles. The van der Waals surface area contributed by atoms with Crippen LogP contribution in [0.3, 0.4) is 0 Å². The smallest absolute Gasteiger partial charge is 0.305 e. The fraction of sp³-hybridized carbons (Fsp3) is 0.414. The van der Waals surface area contributed by atoms with Gasteiger partial charge in [-0.1, -0.05) is 32.0 Å². The largest absolute Gasteiger partial charge is 0.481 e. The van der Waals surface area contributed by atoms with Gasteiger partial charge < -0.3 is 24.8 Å². The van der Waals surface area contributed by atoms with Crippen LogP contribution in [0.4, 0.5) is 10.1 Å². The third kappa shape index (κ3) is 6.46. The minimum atomic E-state index is -1.17. The topological polar surface area (TPSA) is 116 Å². The number of carbonyl (C=O) groups is 2. The van der Waals surface area contributed by atoms with Crippen molar-refractivity contribution in [2.45, 2.75) is 76.7 Å². The molecule has 202 valence electrons. The lowest BCUT2D eigenvalue weighted by molar-refractivity contribution is -0.139. The molecule has 3 aromatic rings.